The maximum Gasteiger partial charge on any atom is 0.170 e. The van der Waals surface area contributed by atoms with Crippen molar-refractivity contribution in [3.05, 3.63) is 28.8 Å². The minimum atomic E-state index is -0.773. The smallest absolute Gasteiger partial charge is 0.170 e. The van der Waals surface area contributed by atoms with E-state index in [0.29, 0.717) is 29.4 Å². The highest BCUT2D eigenvalue weighted by Crippen LogP contribution is 2.29. The van der Waals surface area contributed by atoms with E-state index in [-0.39, 0.29) is 5.84 Å². The molecule has 2 atom stereocenters. The van der Waals surface area contributed by atoms with E-state index in [2.05, 4.69) is 5.16 Å². The number of hydrogen-bond donors (Lipinski definition) is 4. The number of rotatable bonds is 2. The summed E-state index contributed by atoms with van der Waals surface area (Å²) in [6.45, 7) is 0.646. The lowest BCUT2D eigenvalue weighted by atomic mass is 10.2. The van der Waals surface area contributed by atoms with Crippen LogP contribution >= 0.6 is 11.6 Å². The average Bonchev–Trinajstić information content (AvgIpc) is 2.68. The van der Waals surface area contributed by atoms with E-state index in [1.807, 2.05) is 0 Å². The number of benzene rings is 1. The number of β-amino-alcohol motifs (C(OH)–C–C–N with tert-alkyl or cyclic N) is 2. The number of aliphatic hydroxyl groups is 2. The number of halogens is 1. The number of anilines is 1. The SMILES string of the molecule is N/C(=N/O)c1ccc(N2CC(O)C(O)C2)c(Cl)c1. The number of nitrogens with zero attached hydrogens (tertiary/aromatic N) is 2. The highest BCUT2D eigenvalue weighted by molar-refractivity contribution is 6.33. The van der Waals surface area contributed by atoms with Gasteiger partial charge >= 0.3 is 0 Å². The number of hydrogen-bond acceptors (Lipinski definition) is 5. The van der Waals surface area contributed by atoms with E-state index in [9.17, 15) is 10.2 Å². The Balaban J connectivity index is 2.26. The fourth-order valence-corrected chi connectivity index (χ4v) is 2.25. The van der Waals surface area contributed by atoms with Gasteiger partial charge < -0.3 is 26.1 Å². The first kappa shape index (κ1) is 12.9. The molecule has 7 heteroatoms. The second-order valence-corrected chi connectivity index (χ2v) is 4.60. The van der Waals surface area contributed by atoms with Crippen molar-refractivity contribution in [2.45, 2.75) is 12.2 Å². The first-order valence-electron chi connectivity index (χ1n) is 5.41. The van der Waals surface area contributed by atoms with Gasteiger partial charge in [-0.3, -0.25) is 0 Å². The van der Waals surface area contributed by atoms with Crippen LogP contribution in [0.4, 0.5) is 5.69 Å². The van der Waals surface area contributed by atoms with Crippen molar-refractivity contribution in [2.75, 3.05) is 18.0 Å². The normalized spacial score (nSPS) is 24.6. The molecule has 2 unspecified atom stereocenters. The molecule has 0 spiro atoms. The summed E-state index contributed by atoms with van der Waals surface area (Å²) in [5, 5.41) is 30.9. The van der Waals surface area contributed by atoms with Crippen LogP contribution in [0.2, 0.25) is 5.02 Å². The Labute approximate surface area is 109 Å². The molecule has 1 aliphatic heterocycles. The fourth-order valence-electron chi connectivity index (χ4n) is 1.95. The molecule has 6 nitrogen and oxygen atoms in total. The number of amidine groups is 1. The van der Waals surface area contributed by atoms with E-state index in [1.165, 1.54) is 0 Å². The van der Waals surface area contributed by atoms with Crippen molar-refractivity contribution in [3.63, 3.8) is 0 Å². The third-order valence-electron chi connectivity index (χ3n) is 2.95. The summed E-state index contributed by atoms with van der Waals surface area (Å²) >= 11 is 6.11. The molecule has 0 aromatic heterocycles. The van der Waals surface area contributed by atoms with Gasteiger partial charge in [-0.2, -0.15) is 0 Å². The van der Waals surface area contributed by atoms with Gasteiger partial charge in [-0.1, -0.05) is 16.8 Å². The lowest BCUT2D eigenvalue weighted by Crippen LogP contribution is -2.22. The first-order chi connectivity index (χ1) is 8.52. The van der Waals surface area contributed by atoms with Crippen LogP contribution in [-0.4, -0.2) is 46.6 Å². The van der Waals surface area contributed by atoms with Crippen LogP contribution in [0.25, 0.3) is 0 Å². The van der Waals surface area contributed by atoms with Gasteiger partial charge in [-0.25, -0.2) is 0 Å². The molecule has 98 valence electrons. The van der Waals surface area contributed by atoms with Crippen LogP contribution in [-0.2, 0) is 0 Å². The summed E-state index contributed by atoms with van der Waals surface area (Å²) in [4.78, 5) is 1.79. The third kappa shape index (κ3) is 2.35. The summed E-state index contributed by atoms with van der Waals surface area (Å²) in [7, 11) is 0. The van der Waals surface area contributed by atoms with Gasteiger partial charge in [-0.05, 0) is 18.2 Å². The minimum Gasteiger partial charge on any atom is -0.409 e. The Hall–Kier alpha value is -1.50. The van der Waals surface area contributed by atoms with Gasteiger partial charge in [0.1, 0.15) is 0 Å². The lowest BCUT2D eigenvalue weighted by Gasteiger charge is -2.19. The molecule has 5 N–H and O–H groups in total. The summed E-state index contributed by atoms with van der Waals surface area (Å²) in [5.74, 6) is -0.0232. The van der Waals surface area contributed by atoms with Crippen LogP contribution in [0, 0.1) is 0 Å². The molecule has 1 aliphatic rings. The van der Waals surface area contributed by atoms with Crippen molar-refractivity contribution in [2.24, 2.45) is 10.9 Å². The zero-order valence-corrected chi connectivity index (χ0v) is 10.2. The van der Waals surface area contributed by atoms with Crippen LogP contribution in [0.1, 0.15) is 5.56 Å². The van der Waals surface area contributed by atoms with Gasteiger partial charge in [0.05, 0.1) is 22.9 Å². The molecule has 0 bridgehead atoms. The van der Waals surface area contributed by atoms with Crippen LogP contribution in [0.3, 0.4) is 0 Å². The molecule has 1 fully saturated rings. The van der Waals surface area contributed by atoms with Crippen LogP contribution in [0.15, 0.2) is 23.4 Å². The second-order valence-electron chi connectivity index (χ2n) is 4.19. The number of oxime groups is 1. The van der Waals surface area contributed by atoms with E-state index in [1.54, 1.807) is 23.1 Å². The molecule has 0 saturated carbocycles. The zero-order chi connectivity index (χ0) is 13.3. The van der Waals surface area contributed by atoms with Crippen molar-refractivity contribution in [1.82, 2.24) is 0 Å². The van der Waals surface area contributed by atoms with Gasteiger partial charge in [0.15, 0.2) is 5.84 Å². The van der Waals surface area contributed by atoms with Gasteiger partial charge in [0.25, 0.3) is 0 Å². The minimum absolute atomic E-state index is 0.0232. The van der Waals surface area contributed by atoms with E-state index in [0.717, 1.165) is 0 Å². The fraction of sp³-hybridized carbons (Fsp3) is 0.364. The second kappa shape index (κ2) is 5.01. The topological polar surface area (TPSA) is 102 Å². The Morgan fingerprint density at radius 2 is 1.94 bits per heavy atom. The molecule has 0 radical (unpaired) electrons. The Kier molecular flexibility index (Phi) is 3.60. The standard InChI is InChI=1S/C11H14ClN3O3/c12-7-3-6(11(13)14-18)1-2-8(7)15-4-9(16)10(17)5-15/h1-3,9-10,16-18H,4-5H2,(H2,13,14). The van der Waals surface area contributed by atoms with Gasteiger partial charge in [0, 0.05) is 18.7 Å². The molecule has 2 rings (SSSR count). The van der Waals surface area contributed by atoms with Crippen molar-refractivity contribution >= 4 is 23.1 Å². The quantitative estimate of drug-likeness (QED) is 0.262. The maximum atomic E-state index is 9.49. The van der Waals surface area contributed by atoms with Gasteiger partial charge in [-0.15, -0.1) is 0 Å². The summed E-state index contributed by atoms with van der Waals surface area (Å²) in [5.41, 5.74) is 6.66. The van der Waals surface area contributed by atoms with Gasteiger partial charge in [0.2, 0.25) is 0 Å². The van der Waals surface area contributed by atoms with Crippen molar-refractivity contribution in [3.8, 4) is 0 Å². The lowest BCUT2D eigenvalue weighted by molar-refractivity contribution is 0.0572. The molecule has 0 amide bonds. The van der Waals surface area contributed by atoms with Crippen LogP contribution in [0.5, 0.6) is 0 Å². The monoisotopic (exact) mass is 271 g/mol. The average molecular weight is 272 g/mol. The first-order valence-corrected chi connectivity index (χ1v) is 5.79. The van der Waals surface area contributed by atoms with E-state index in [4.69, 9.17) is 22.5 Å². The molecule has 18 heavy (non-hydrogen) atoms. The molecular formula is C11H14ClN3O3. The van der Waals surface area contributed by atoms with Crippen LogP contribution < -0.4 is 10.6 Å². The number of aliphatic hydroxyl groups excluding tert-OH is 2. The zero-order valence-electron chi connectivity index (χ0n) is 9.49. The van der Waals surface area contributed by atoms with Crippen molar-refractivity contribution in [1.29, 1.82) is 0 Å². The molecule has 1 heterocycles. The van der Waals surface area contributed by atoms with E-state index < -0.39 is 12.2 Å². The largest absolute Gasteiger partial charge is 0.409 e. The molecular weight excluding hydrogens is 258 g/mol. The Morgan fingerprint density at radius 1 is 1.33 bits per heavy atom. The molecule has 0 aliphatic carbocycles. The Bertz CT molecular complexity index is 471. The van der Waals surface area contributed by atoms with E-state index >= 15 is 0 Å². The predicted molar refractivity (Wildman–Crippen MR) is 68.2 cm³/mol. The summed E-state index contributed by atoms with van der Waals surface area (Å²) in [6, 6.07) is 4.94. The van der Waals surface area contributed by atoms with Crippen molar-refractivity contribution < 1.29 is 15.4 Å². The molecule has 1 aromatic carbocycles. The number of nitrogens with two attached hydrogens (primary N) is 1. The highest BCUT2D eigenvalue weighted by Gasteiger charge is 2.30. The predicted octanol–water partition coefficient (Wildman–Crippen LogP) is -0.0237. The maximum absolute atomic E-state index is 9.49. The summed E-state index contributed by atoms with van der Waals surface area (Å²) in [6.07, 6.45) is -1.55. The summed E-state index contributed by atoms with van der Waals surface area (Å²) < 4.78 is 0. The third-order valence-corrected chi connectivity index (χ3v) is 3.25. The molecule has 1 aromatic rings. The highest BCUT2D eigenvalue weighted by atomic mass is 35.5. The molecule has 1 saturated heterocycles. The Morgan fingerprint density at radius 3 is 2.44 bits per heavy atom.